The highest BCUT2D eigenvalue weighted by Gasteiger charge is 2.15. The van der Waals surface area contributed by atoms with Crippen molar-refractivity contribution in [3.05, 3.63) is 63.1 Å². The number of halogens is 2. The first kappa shape index (κ1) is 14.9. The van der Waals surface area contributed by atoms with Crippen molar-refractivity contribution in [3.8, 4) is 0 Å². The Kier molecular flexibility index (Phi) is 4.68. The Bertz CT molecular complexity index is 646. The number of hydrogen-bond donors (Lipinski definition) is 1. The van der Waals surface area contributed by atoms with Crippen molar-refractivity contribution in [1.29, 1.82) is 0 Å². The van der Waals surface area contributed by atoms with E-state index in [0.29, 0.717) is 22.8 Å². The van der Waals surface area contributed by atoms with Crippen molar-refractivity contribution in [2.75, 3.05) is 12.8 Å². The second kappa shape index (κ2) is 6.29. The molecule has 0 radical (unpaired) electrons. The average molecular weight is 354 g/mol. The fourth-order valence-electron chi connectivity index (χ4n) is 1.90. The summed E-state index contributed by atoms with van der Waals surface area (Å²) in [6.45, 7) is 0.504. The van der Waals surface area contributed by atoms with Gasteiger partial charge in [0, 0.05) is 28.8 Å². The van der Waals surface area contributed by atoms with Crippen molar-refractivity contribution >= 4 is 39.1 Å². The van der Waals surface area contributed by atoms with E-state index in [1.807, 2.05) is 24.3 Å². The lowest BCUT2D eigenvalue weighted by molar-refractivity contribution is 0.0786. The summed E-state index contributed by atoms with van der Waals surface area (Å²) in [4.78, 5) is 14.0. The third-order valence-corrected chi connectivity index (χ3v) is 3.63. The lowest BCUT2D eigenvalue weighted by atomic mass is 10.1. The van der Waals surface area contributed by atoms with Crippen LogP contribution in [0.4, 0.5) is 5.69 Å². The van der Waals surface area contributed by atoms with E-state index in [0.717, 1.165) is 10.0 Å². The van der Waals surface area contributed by atoms with Crippen LogP contribution in [0.25, 0.3) is 0 Å². The largest absolute Gasteiger partial charge is 0.398 e. The van der Waals surface area contributed by atoms with Crippen LogP contribution >= 0.6 is 27.5 Å². The second-order valence-corrected chi connectivity index (χ2v) is 5.87. The Morgan fingerprint density at radius 3 is 2.75 bits per heavy atom. The Morgan fingerprint density at radius 2 is 2.05 bits per heavy atom. The summed E-state index contributed by atoms with van der Waals surface area (Å²) < 4.78 is 0.984. The molecule has 1 amide bonds. The molecule has 20 heavy (non-hydrogen) atoms. The number of rotatable bonds is 3. The molecule has 0 aromatic heterocycles. The molecule has 0 unspecified atom stereocenters. The minimum Gasteiger partial charge on any atom is -0.398 e. The van der Waals surface area contributed by atoms with Crippen LogP contribution in [0.2, 0.25) is 5.02 Å². The van der Waals surface area contributed by atoms with E-state index in [-0.39, 0.29) is 5.91 Å². The molecule has 0 spiro atoms. The van der Waals surface area contributed by atoms with Gasteiger partial charge in [-0.25, -0.2) is 0 Å². The van der Waals surface area contributed by atoms with E-state index in [1.165, 1.54) is 0 Å². The third kappa shape index (κ3) is 3.52. The van der Waals surface area contributed by atoms with Gasteiger partial charge in [-0.2, -0.15) is 0 Å². The van der Waals surface area contributed by atoms with Gasteiger partial charge in [-0.3, -0.25) is 4.79 Å². The summed E-state index contributed by atoms with van der Waals surface area (Å²) in [7, 11) is 1.74. The number of nitrogens with two attached hydrogens (primary N) is 1. The van der Waals surface area contributed by atoms with E-state index in [4.69, 9.17) is 17.3 Å². The lowest BCUT2D eigenvalue weighted by Gasteiger charge is -2.18. The summed E-state index contributed by atoms with van der Waals surface area (Å²) in [5.74, 6) is -0.148. The molecule has 2 rings (SSSR count). The van der Waals surface area contributed by atoms with Crippen LogP contribution in [0.3, 0.4) is 0 Å². The predicted octanol–water partition coefficient (Wildman–Crippen LogP) is 3.96. The Hall–Kier alpha value is -1.52. The highest BCUT2D eigenvalue weighted by molar-refractivity contribution is 9.10. The molecule has 0 aliphatic carbocycles. The summed E-state index contributed by atoms with van der Waals surface area (Å²) in [5, 5.41) is 0.499. The van der Waals surface area contributed by atoms with E-state index in [1.54, 1.807) is 30.1 Å². The highest BCUT2D eigenvalue weighted by Crippen LogP contribution is 2.20. The molecule has 104 valence electrons. The summed E-state index contributed by atoms with van der Waals surface area (Å²) in [5.41, 5.74) is 7.73. The maximum Gasteiger partial charge on any atom is 0.256 e. The minimum absolute atomic E-state index is 0.148. The summed E-state index contributed by atoms with van der Waals surface area (Å²) >= 11 is 9.33. The van der Waals surface area contributed by atoms with Crippen LogP contribution in [0.5, 0.6) is 0 Å². The van der Waals surface area contributed by atoms with Crippen molar-refractivity contribution in [2.45, 2.75) is 6.54 Å². The maximum atomic E-state index is 12.4. The summed E-state index contributed by atoms with van der Waals surface area (Å²) in [6, 6.07) is 12.7. The molecule has 0 aliphatic heterocycles. The number of anilines is 1. The van der Waals surface area contributed by atoms with E-state index >= 15 is 0 Å². The average Bonchev–Trinajstić information content (AvgIpc) is 2.40. The van der Waals surface area contributed by atoms with Gasteiger partial charge in [-0.15, -0.1) is 0 Å². The third-order valence-electron chi connectivity index (χ3n) is 2.90. The van der Waals surface area contributed by atoms with Crippen molar-refractivity contribution < 1.29 is 4.79 Å². The SMILES string of the molecule is CN(Cc1cccc(Br)c1)C(=O)c1cc(Cl)ccc1N. The standard InChI is InChI=1S/C15H14BrClN2O/c1-19(9-10-3-2-4-11(16)7-10)15(20)13-8-12(17)5-6-14(13)18/h2-8H,9,18H2,1H3. The number of hydrogen-bond acceptors (Lipinski definition) is 2. The molecular weight excluding hydrogens is 340 g/mol. The highest BCUT2D eigenvalue weighted by atomic mass is 79.9. The van der Waals surface area contributed by atoms with Crippen LogP contribution < -0.4 is 5.73 Å². The van der Waals surface area contributed by atoms with Gasteiger partial charge in [0.2, 0.25) is 0 Å². The topological polar surface area (TPSA) is 46.3 Å². The first-order valence-electron chi connectivity index (χ1n) is 6.02. The van der Waals surface area contributed by atoms with Crippen LogP contribution in [0, 0.1) is 0 Å². The van der Waals surface area contributed by atoms with Crippen molar-refractivity contribution in [3.63, 3.8) is 0 Å². The monoisotopic (exact) mass is 352 g/mol. The van der Waals surface area contributed by atoms with Gasteiger partial charge in [0.25, 0.3) is 5.91 Å². The molecule has 2 aromatic rings. The molecular formula is C15H14BrClN2O. The predicted molar refractivity (Wildman–Crippen MR) is 85.8 cm³/mol. The zero-order valence-corrected chi connectivity index (χ0v) is 13.3. The molecule has 0 saturated carbocycles. The van der Waals surface area contributed by atoms with E-state index in [9.17, 15) is 4.79 Å². The molecule has 5 heteroatoms. The van der Waals surface area contributed by atoms with Gasteiger partial charge in [-0.05, 0) is 35.9 Å². The molecule has 0 saturated heterocycles. The molecule has 3 nitrogen and oxygen atoms in total. The molecule has 2 N–H and O–H groups in total. The van der Waals surface area contributed by atoms with E-state index < -0.39 is 0 Å². The molecule has 0 atom stereocenters. The number of nitrogen functional groups attached to an aromatic ring is 1. The number of nitrogens with zero attached hydrogens (tertiary/aromatic N) is 1. The van der Waals surface area contributed by atoms with Gasteiger partial charge in [0.15, 0.2) is 0 Å². The second-order valence-electron chi connectivity index (χ2n) is 4.52. The van der Waals surface area contributed by atoms with Gasteiger partial charge in [0.05, 0.1) is 5.56 Å². The lowest BCUT2D eigenvalue weighted by Crippen LogP contribution is -2.27. The number of carbonyl (C=O) groups is 1. The first-order chi connectivity index (χ1) is 9.47. The molecule has 0 aliphatic rings. The number of amides is 1. The van der Waals surface area contributed by atoms with Gasteiger partial charge in [-0.1, -0.05) is 39.7 Å². The van der Waals surface area contributed by atoms with Crippen LogP contribution in [-0.2, 0) is 6.54 Å². The molecule has 0 bridgehead atoms. The minimum atomic E-state index is -0.148. The van der Waals surface area contributed by atoms with E-state index in [2.05, 4.69) is 15.9 Å². The van der Waals surface area contributed by atoms with Crippen LogP contribution in [0.1, 0.15) is 15.9 Å². The smallest absolute Gasteiger partial charge is 0.256 e. The maximum absolute atomic E-state index is 12.4. The molecule has 0 heterocycles. The Balaban J connectivity index is 2.18. The van der Waals surface area contributed by atoms with Gasteiger partial charge >= 0.3 is 0 Å². The molecule has 0 fully saturated rings. The zero-order chi connectivity index (χ0) is 14.7. The normalized spacial score (nSPS) is 10.3. The fraction of sp³-hybridized carbons (Fsp3) is 0.133. The Morgan fingerprint density at radius 1 is 1.30 bits per heavy atom. The quantitative estimate of drug-likeness (QED) is 0.849. The van der Waals surface area contributed by atoms with Crippen LogP contribution in [0.15, 0.2) is 46.9 Å². The first-order valence-corrected chi connectivity index (χ1v) is 7.19. The number of benzene rings is 2. The Labute approximate surface area is 131 Å². The van der Waals surface area contributed by atoms with Crippen molar-refractivity contribution in [1.82, 2.24) is 4.90 Å². The molecule has 2 aromatic carbocycles. The van der Waals surface area contributed by atoms with Crippen molar-refractivity contribution in [2.24, 2.45) is 0 Å². The van der Waals surface area contributed by atoms with Gasteiger partial charge < -0.3 is 10.6 Å². The van der Waals surface area contributed by atoms with Gasteiger partial charge in [0.1, 0.15) is 0 Å². The zero-order valence-electron chi connectivity index (χ0n) is 10.9. The van der Waals surface area contributed by atoms with Crippen LogP contribution in [-0.4, -0.2) is 17.9 Å². The number of carbonyl (C=O) groups excluding carboxylic acids is 1. The summed E-state index contributed by atoms with van der Waals surface area (Å²) in [6.07, 6.45) is 0. The fourth-order valence-corrected chi connectivity index (χ4v) is 2.52.